The van der Waals surface area contributed by atoms with Gasteiger partial charge in [0.15, 0.2) is 0 Å². The number of alkyl halides is 6. The zero-order valence-corrected chi connectivity index (χ0v) is 14.2. The molecular weight excluding hydrogens is 372 g/mol. The van der Waals surface area contributed by atoms with E-state index in [1.165, 1.54) is 0 Å². The lowest BCUT2D eigenvalue weighted by atomic mass is 10.0. The van der Waals surface area contributed by atoms with Gasteiger partial charge in [-0.25, -0.2) is 0 Å². The van der Waals surface area contributed by atoms with Crippen LogP contribution in [0, 0.1) is 0 Å². The Hall–Kier alpha value is -2.06. The maximum Gasteiger partial charge on any atom is 0.416 e. The van der Waals surface area contributed by atoms with Crippen molar-refractivity contribution in [2.24, 2.45) is 0 Å². The molecule has 1 atom stereocenters. The molecule has 8 heteroatoms. The fourth-order valence-electron chi connectivity index (χ4n) is 2.58. The van der Waals surface area contributed by atoms with Gasteiger partial charge >= 0.3 is 12.4 Å². The summed E-state index contributed by atoms with van der Waals surface area (Å²) in [5.74, 6) is 0. The van der Waals surface area contributed by atoms with Crippen LogP contribution in [0.15, 0.2) is 48.5 Å². The van der Waals surface area contributed by atoms with Crippen LogP contribution in [0.2, 0.25) is 0 Å². The van der Waals surface area contributed by atoms with E-state index in [0.717, 1.165) is 5.56 Å². The number of rotatable bonds is 7. The van der Waals surface area contributed by atoms with Crippen LogP contribution >= 0.6 is 0 Å². The van der Waals surface area contributed by atoms with Gasteiger partial charge in [0.05, 0.1) is 17.2 Å². The second kappa shape index (κ2) is 8.75. The molecule has 1 unspecified atom stereocenters. The van der Waals surface area contributed by atoms with Crippen LogP contribution in [0.1, 0.15) is 28.7 Å². The summed E-state index contributed by atoms with van der Waals surface area (Å²) in [6, 6.07) is 10.9. The zero-order chi connectivity index (χ0) is 20.1. The lowest BCUT2D eigenvalue weighted by Gasteiger charge is -2.16. The molecule has 0 radical (unpaired) electrons. The number of hydrogen-bond donors (Lipinski definition) is 2. The summed E-state index contributed by atoms with van der Waals surface area (Å²) in [4.78, 5) is 0. The van der Waals surface area contributed by atoms with Crippen LogP contribution in [0.25, 0.3) is 0 Å². The van der Waals surface area contributed by atoms with Gasteiger partial charge in [0.25, 0.3) is 0 Å². The highest BCUT2D eigenvalue weighted by molar-refractivity contribution is 5.33. The minimum atomic E-state index is -4.87. The van der Waals surface area contributed by atoms with E-state index in [1.807, 2.05) is 30.3 Å². The van der Waals surface area contributed by atoms with Crippen molar-refractivity contribution >= 4 is 0 Å². The summed E-state index contributed by atoms with van der Waals surface area (Å²) < 4.78 is 76.9. The molecule has 0 spiro atoms. The Morgan fingerprint density at radius 3 is 1.89 bits per heavy atom. The lowest BCUT2D eigenvalue weighted by molar-refractivity contribution is -0.143. The van der Waals surface area contributed by atoms with Gasteiger partial charge in [0.2, 0.25) is 0 Å². The first kappa shape index (κ1) is 21.2. The summed E-state index contributed by atoms with van der Waals surface area (Å²) >= 11 is 0. The Morgan fingerprint density at radius 2 is 1.37 bits per heavy atom. The normalized spacial score (nSPS) is 13.6. The number of halogens is 6. The van der Waals surface area contributed by atoms with Gasteiger partial charge in [-0.3, -0.25) is 0 Å². The van der Waals surface area contributed by atoms with Crippen LogP contribution < -0.4 is 5.32 Å². The van der Waals surface area contributed by atoms with Crippen LogP contribution in [-0.4, -0.2) is 17.8 Å². The predicted octanol–water partition coefficient (Wildman–Crippen LogP) is 4.81. The van der Waals surface area contributed by atoms with Crippen molar-refractivity contribution in [2.45, 2.75) is 37.8 Å². The van der Waals surface area contributed by atoms with Gasteiger partial charge < -0.3 is 10.4 Å². The first-order valence-electron chi connectivity index (χ1n) is 8.27. The van der Waals surface area contributed by atoms with E-state index in [1.54, 1.807) is 0 Å². The van der Waals surface area contributed by atoms with Gasteiger partial charge in [-0.1, -0.05) is 30.3 Å². The summed E-state index contributed by atoms with van der Waals surface area (Å²) in [6.45, 7) is -0.153. The molecule has 2 nitrogen and oxygen atoms in total. The number of benzene rings is 2. The second-order valence-corrected chi connectivity index (χ2v) is 6.22. The number of aryl methyl sites for hydroxylation is 1. The molecule has 0 saturated carbocycles. The van der Waals surface area contributed by atoms with Crippen LogP contribution in [-0.2, 0) is 25.3 Å². The number of hydrogen-bond acceptors (Lipinski definition) is 2. The molecule has 2 aromatic carbocycles. The molecule has 0 fully saturated rings. The van der Waals surface area contributed by atoms with Gasteiger partial charge in [-0.15, -0.1) is 0 Å². The van der Waals surface area contributed by atoms with E-state index >= 15 is 0 Å². The lowest BCUT2D eigenvalue weighted by Crippen LogP contribution is -2.27. The number of aliphatic hydroxyl groups excluding tert-OH is 1. The van der Waals surface area contributed by atoms with E-state index in [-0.39, 0.29) is 24.7 Å². The van der Waals surface area contributed by atoms with Crippen molar-refractivity contribution in [3.8, 4) is 0 Å². The molecule has 0 bridgehead atoms. The Kier molecular flexibility index (Phi) is 6.89. The third kappa shape index (κ3) is 6.88. The van der Waals surface area contributed by atoms with Crippen LogP contribution in [0.3, 0.4) is 0 Å². The van der Waals surface area contributed by atoms with E-state index in [0.29, 0.717) is 25.0 Å². The highest BCUT2D eigenvalue weighted by Crippen LogP contribution is 2.36. The molecule has 0 amide bonds. The molecule has 27 heavy (non-hydrogen) atoms. The summed E-state index contributed by atoms with van der Waals surface area (Å²) in [6.07, 6.45) is -9.46. The molecule has 148 valence electrons. The molecule has 0 heterocycles. The highest BCUT2D eigenvalue weighted by atomic mass is 19.4. The third-order valence-corrected chi connectivity index (χ3v) is 3.97. The average Bonchev–Trinajstić information content (AvgIpc) is 2.59. The summed E-state index contributed by atoms with van der Waals surface area (Å²) in [5, 5.41) is 12.6. The van der Waals surface area contributed by atoms with Crippen LogP contribution in [0.5, 0.6) is 0 Å². The first-order valence-corrected chi connectivity index (χ1v) is 8.27. The highest BCUT2D eigenvalue weighted by Gasteiger charge is 2.36. The number of aliphatic hydroxyl groups is 1. The molecule has 2 rings (SSSR count). The Bertz CT molecular complexity index is 695. The minimum Gasteiger partial charge on any atom is -0.392 e. The second-order valence-electron chi connectivity index (χ2n) is 6.22. The third-order valence-electron chi connectivity index (χ3n) is 3.97. The summed E-state index contributed by atoms with van der Waals surface area (Å²) in [7, 11) is 0. The maximum absolute atomic E-state index is 12.8. The number of nitrogens with one attached hydrogen (secondary N) is 1. The quantitative estimate of drug-likeness (QED) is 0.664. The minimum absolute atomic E-state index is 0.0600. The smallest absolute Gasteiger partial charge is 0.392 e. The Morgan fingerprint density at radius 1 is 0.815 bits per heavy atom. The van der Waals surface area contributed by atoms with E-state index in [4.69, 9.17) is 0 Å². The first-order chi connectivity index (χ1) is 12.6. The van der Waals surface area contributed by atoms with Crippen molar-refractivity contribution in [1.82, 2.24) is 5.32 Å². The standard InChI is InChI=1S/C19H19F6NO/c20-18(21,22)15-8-14(9-16(10-15)19(23,24)25)11-26-12-17(27)7-6-13-4-2-1-3-5-13/h1-5,8-10,17,26-27H,6-7,11-12H2. The fraction of sp³-hybridized carbons (Fsp3) is 0.368. The van der Waals surface area contributed by atoms with Crippen LogP contribution in [0.4, 0.5) is 26.3 Å². The van der Waals surface area contributed by atoms with E-state index in [9.17, 15) is 31.4 Å². The molecule has 0 aromatic heterocycles. The Labute approximate surface area is 152 Å². The molecular formula is C19H19F6NO. The van der Waals surface area contributed by atoms with E-state index < -0.39 is 29.6 Å². The topological polar surface area (TPSA) is 32.3 Å². The van der Waals surface area contributed by atoms with E-state index in [2.05, 4.69) is 5.32 Å². The molecule has 0 aliphatic rings. The van der Waals surface area contributed by atoms with Crippen molar-refractivity contribution in [1.29, 1.82) is 0 Å². The molecule has 0 saturated heterocycles. The largest absolute Gasteiger partial charge is 0.416 e. The van der Waals surface area contributed by atoms with Crippen molar-refractivity contribution in [2.75, 3.05) is 6.54 Å². The molecule has 0 aliphatic heterocycles. The summed E-state index contributed by atoms with van der Waals surface area (Å²) in [5.41, 5.74) is -1.81. The maximum atomic E-state index is 12.8. The van der Waals surface area contributed by atoms with Crippen molar-refractivity contribution in [3.05, 3.63) is 70.8 Å². The van der Waals surface area contributed by atoms with Gasteiger partial charge in [0.1, 0.15) is 0 Å². The fourth-order valence-corrected chi connectivity index (χ4v) is 2.58. The predicted molar refractivity (Wildman–Crippen MR) is 88.9 cm³/mol. The van der Waals surface area contributed by atoms with Crippen molar-refractivity contribution < 1.29 is 31.4 Å². The monoisotopic (exact) mass is 391 g/mol. The van der Waals surface area contributed by atoms with Crippen molar-refractivity contribution in [3.63, 3.8) is 0 Å². The molecule has 2 N–H and O–H groups in total. The van der Waals surface area contributed by atoms with Gasteiger partial charge in [-0.2, -0.15) is 26.3 Å². The van der Waals surface area contributed by atoms with Gasteiger partial charge in [-0.05, 0) is 42.2 Å². The Balaban J connectivity index is 1.94. The zero-order valence-electron chi connectivity index (χ0n) is 14.2. The SMILES string of the molecule is OC(CCc1ccccc1)CNCc1cc(C(F)(F)F)cc(C(F)(F)F)c1. The molecule has 2 aromatic rings. The van der Waals surface area contributed by atoms with Gasteiger partial charge in [0, 0.05) is 13.1 Å². The molecule has 0 aliphatic carbocycles. The average molecular weight is 391 g/mol.